The highest BCUT2D eigenvalue weighted by Gasteiger charge is 2.32. The standard InChI is InChI=1S/C20H30N2O6S/c1-13(2)16(5)21-19(23)12-27-20(24)17-7-6-8-18(9-17)29(25,26)22-10-14(3)28-15(4)11-22/h6-9,13-16H,10-12H2,1-5H3,(H,21,23). The minimum atomic E-state index is -3.77. The van der Waals surface area contributed by atoms with Gasteiger partial charge in [-0.15, -0.1) is 0 Å². The summed E-state index contributed by atoms with van der Waals surface area (Å²) in [7, 11) is -3.77. The van der Waals surface area contributed by atoms with Crippen LogP contribution in [0.3, 0.4) is 0 Å². The first-order chi connectivity index (χ1) is 13.5. The predicted molar refractivity (Wildman–Crippen MR) is 108 cm³/mol. The number of carbonyl (C=O) groups excluding carboxylic acids is 2. The molecule has 0 saturated carbocycles. The van der Waals surface area contributed by atoms with Crippen molar-refractivity contribution >= 4 is 21.9 Å². The van der Waals surface area contributed by atoms with Gasteiger partial charge in [0.2, 0.25) is 10.0 Å². The van der Waals surface area contributed by atoms with Gasteiger partial charge in [0.05, 0.1) is 22.7 Å². The van der Waals surface area contributed by atoms with Crippen LogP contribution in [0.4, 0.5) is 0 Å². The highest BCUT2D eigenvalue weighted by molar-refractivity contribution is 7.89. The molecule has 3 unspecified atom stereocenters. The summed E-state index contributed by atoms with van der Waals surface area (Å²) >= 11 is 0. The van der Waals surface area contributed by atoms with Gasteiger partial charge in [-0.1, -0.05) is 19.9 Å². The smallest absolute Gasteiger partial charge is 0.338 e. The molecule has 0 aromatic heterocycles. The molecule has 29 heavy (non-hydrogen) atoms. The summed E-state index contributed by atoms with van der Waals surface area (Å²) in [6.07, 6.45) is -0.429. The van der Waals surface area contributed by atoms with Crippen molar-refractivity contribution in [3.05, 3.63) is 29.8 Å². The molecule has 0 bridgehead atoms. The Hall–Kier alpha value is -1.97. The van der Waals surface area contributed by atoms with Crippen molar-refractivity contribution in [2.75, 3.05) is 19.7 Å². The average Bonchev–Trinajstić information content (AvgIpc) is 2.65. The topological polar surface area (TPSA) is 102 Å². The lowest BCUT2D eigenvalue weighted by atomic mass is 10.1. The number of carbonyl (C=O) groups is 2. The number of rotatable bonds is 7. The third kappa shape index (κ3) is 6.25. The zero-order valence-corrected chi connectivity index (χ0v) is 18.4. The van der Waals surface area contributed by atoms with Gasteiger partial charge in [0, 0.05) is 19.1 Å². The lowest BCUT2D eigenvalue weighted by Crippen LogP contribution is -2.48. The number of hydrogen-bond acceptors (Lipinski definition) is 6. The number of morpholine rings is 1. The molecular formula is C20H30N2O6S. The Labute approximate surface area is 172 Å². The fourth-order valence-electron chi connectivity index (χ4n) is 2.94. The lowest BCUT2D eigenvalue weighted by Gasteiger charge is -2.34. The molecule has 1 heterocycles. The lowest BCUT2D eigenvalue weighted by molar-refractivity contribution is -0.125. The summed E-state index contributed by atoms with van der Waals surface area (Å²) in [5, 5.41) is 2.74. The van der Waals surface area contributed by atoms with E-state index in [1.54, 1.807) is 0 Å². The van der Waals surface area contributed by atoms with Gasteiger partial charge in [-0.25, -0.2) is 13.2 Å². The molecule has 1 amide bonds. The van der Waals surface area contributed by atoms with E-state index in [0.29, 0.717) is 0 Å². The van der Waals surface area contributed by atoms with Crippen LogP contribution in [-0.4, -0.2) is 62.5 Å². The van der Waals surface area contributed by atoms with Gasteiger partial charge >= 0.3 is 5.97 Å². The molecule has 0 aliphatic carbocycles. The maximum atomic E-state index is 13.0. The second-order valence-corrected chi connectivity index (χ2v) is 9.72. The quantitative estimate of drug-likeness (QED) is 0.667. The second kappa shape index (κ2) is 9.69. The molecule has 1 aliphatic rings. The van der Waals surface area contributed by atoms with Gasteiger partial charge in [0.15, 0.2) is 6.61 Å². The number of sulfonamides is 1. The van der Waals surface area contributed by atoms with Crippen molar-refractivity contribution in [2.24, 2.45) is 5.92 Å². The Morgan fingerprint density at radius 3 is 2.41 bits per heavy atom. The van der Waals surface area contributed by atoms with Crippen LogP contribution in [-0.2, 0) is 24.3 Å². The number of esters is 1. The number of nitrogens with zero attached hydrogens (tertiary/aromatic N) is 1. The minimum Gasteiger partial charge on any atom is -0.452 e. The van der Waals surface area contributed by atoms with Crippen molar-refractivity contribution in [1.82, 2.24) is 9.62 Å². The van der Waals surface area contributed by atoms with E-state index in [0.717, 1.165) is 0 Å². The summed E-state index contributed by atoms with van der Waals surface area (Å²) in [4.78, 5) is 24.2. The maximum absolute atomic E-state index is 13.0. The number of nitrogens with one attached hydrogen (secondary N) is 1. The maximum Gasteiger partial charge on any atom is 0.338 e. The molecule has 8 nitrogen and oxygen atoms in total. The van der Waals surface area contributed by atoms with E-state index in [9.17, 15) is 18.0 Å². The van der Waals surface area contributed by atoms with Crippen LogP contribution in [0.2, 0.25) is 0 Å². The molecule has 0 radical (unpaired) electrons. The molecule has 0 spiro atoms. The summed E-state index contributed by atoms with van der Waals surface area (Å²) in [5.41, 5.74) is 0.0742. The first kappa shape index (κ1) is 23.3. The van der Waals surface area contributed by atoms with Crippen molar-refractivity contribution in [3.8, 4) is 0 Å². The van der Waals surface area contributed by atoms with Gasteiger partial charge in [-0.05, 0) is 44.9 Å². The molecular weight excluding hydrogens is 396 g/mol. The number of benzene rings is 1. The van der Waals surface area contributed by atoms with Crippen molar-refractivity contribution in [3.63, 3.8) is 0 Å². The van der Waals surface area contributed by atoms with E-state index in [2.05, 4.69) is 5.32 Å². The summed E-state index contributed by atoms with van der Waals surface area (Å²) in [6.45, 7) is 9.51. The molecule has 1 aliphatic heterocycles. The molecule has 1 aromatic rings. The predicted octanol–water partition coefficient (Wildman–Crippen LogP) is 1.80. The van der Waals surface area contributed by atoms with Crippen LogP contribution in [0.1, 0.15) is 45.0 Å². The third-order valence-corrected chi connectivity index (χ3v) is 6.64. The van der Waals surface area contributed by atoms with Crippen LogP contribution < -0.4 is 5.32 Å². The Morgan fingerprint density at radius 1 is 1.21 bits per heavy atom. The molecule has 162 valence electrons. The second-order valence-electron chi connectivity index (χ2n) is 7.78. The molecule has 3 atom stereocenters. The van der Waals surface area contributed by atoms with Crippen LogP contribution in [0.5, 0.6) is 0 Å². The molecule has 1 N–H and O–H groups in total. The fourth-order valence-corrected chi connectivity index (χ4v) is 4.57. The van der Waals surface area contributed by atoms with Crippen LogP contribution in [0, 0.1) is 5.92 Å². The molecule has 9 heteroatoms. The third-order valence-electron chi connectivity index (χ3n) is 4.82. The summed E-state index contributed by atoms with van der Waals surface area (Å²) < 4.78 is 37.9. The first-order valence-corrected chi connectivity index (χ1v) is 11.2. The highest BCUT2D eigenvalue weighted by atomic mass is 32.2. The van der Waals surface area contributed by atoms with Gasteiger partial charge in [-0.3, -0.25) is 4.79 Å². The van der Waals surface area contributed by atoms with Crippen LogP contribution in [0.25, 0.3) is 0 Å². The Bertz CT molecular complexity index is 829. The van der Waals surface area contributed by atoms with Gasteiger partial charge in [0.1, 0.15) is 0 Å². The van der Waals surface area contributed by atoms with E-state index in [4.69, 9.17) is 9.47 Å². The minimum absolute atomic E-state index is 0.00568. The van der Waals surface area contributed by atoms with E-state index in [-0.39, 0.29) is 47.7 Å². The summed E-state index contributed by atoms with van der Waals surface area (Å²) in [5.74, 6) is -0.903. The van der Waals surface area contributed by atoms with Crippen molar-refractivity contribution in [2.45, 2.75) is 57.8 Å². The summed E-state index contributed by atoms with van der Waals surface area (Å²) in [6, 6.07) is 5.61. The Kier molecular flexibility index (Phi) is 7.79. The monoisotopic (exact) mass is 426 g/mol. The molecule has 1 aromatic carbocycles. The number of hydrogen-bond donors (Lipinski definition) is 1. The van der Waals surface area contributed by atoms with Crippen LogP contribution >= 0.6 is 0 Å². The number of ether oxygens (including phenoxy) is 2. The van der Waals surface area contributed by atoms with E-state index < -0.39 is 28.5 Å². The van der Waals surface area contributed by atoms with E-state index in [1.807, 2.05) is 34.6 Å². The van der Waals surface area contributed by atoms with Gasteiger partial charge in [-0.2, -0.15) is 4.31 Å². The first-order valence-electron chi connectivity index (χ1n) is 9.73. The number of amides is 1. The SMILES string of the molecule is CC1CN(S(=O)(=O)c2cccc(C(=O)OCC(=O)NC(C)C(C)C)c2)CC(C)O1. The van der Waals surface area contributed by atoms with E-state index in [1.165, 1.54) is 28.6 Å². The largest absolute Gasteiger partial charge is 0.452 e. The average molecular weight is 427 g/mol. The van der Waals surface area contributed by atoms with Crippen molar-refractivity contribution < 1.29 is 27.5 Å². The Balaban J connectivity index is 2.06. The normalized spacial score (nSPS) is 21.6. The molecule has 1 saturated heterocycles. The molecule has 2 rings (SSSR count). The zero-order valence-electron chi connectivity index (χ0n) is 17.5. The van der Waals surface area contributed by atoms with Crippen LogP contribution in [0.15, 0.2) is 29.2 Å². The Morgan fingerprint density at radius 2 is 1.83 bits per heavy atom. The van der Waals surface area contributed by atoms with E-state index >= 15 is 0 Å². The fraction of sp³-hybridized carbons (Fsp3) is 0.600. The van der Waals surface area contributed by atoms with Crippen molar-refractivity contribution in [1.29, 1.82) is 0 Å². The van der Waals surface area contributed by atoms with Gasteiger partial charge < -0.3 is 14.8 Å². The zero-order chi connectivity index (χ0) is 21.8. The highest BCUT2D eigenvalue weighted by Crippen LogP contribution is 2.22. The van der Waals surface area contributed by atoms with Gasteiger partial charge in [0.25, 0.3) is 5.91 Å². The molecule has 1 fully saturated rings.